The van der Waals surface area contributed by atoms with Gasteiger partial charge in [-0.15, -0.1) is 0 Å². The number of aliphatic hydroxyl groups excluding tert-OH is 2. The van der Waals surface area contributed by atoms with Gasteiger partial charge in [-0.25, -0.2) is 32.7 Å². The molecule has 2 atom stereocenters. The minimum atomic E-state index is -4.97. The molecule has 12 nitrogen and oxygen atoms in total. The maximum atomic E-state index is 14.9. The van der Waals surface area contributed by atoms with E-state index in [0.717, 1.165) is 12.1 Å². The molecule has 0 aliphatic carbocycles. The van der Waals surface area contributed by atoms with Crippen molar-refractivity contribution < 1.29 is 37.5 Å². The van der Waals surface area contributed by atoms with Crippen LogP contribution in [0.4, 0.5) is 8.78 Å². The molecule has 0 bridgehead atoms. The number of aromatic nitrogens is 6. The van der Waals surface area contributed by atoms with Crippen LogP contribution in [0.15, 0.2) is 43.5 Å². The average Bonchev–Trinajstić information content (AvgIpc) is 3.40. The van der Waals surface area contributed by atoms with Gasteiger partial charge in [0.15, 0.2) is 0 Å². The van der Waals surface area contributed by atoms with Crippen molar-refractivity contribution >= 4 is 7.82 Å². The summed E-state index contributed by atoms with van der Waals surface area (Å²) >= 11 is 0. The molecule has 0 aliphatic rings. The van der Waals surface area contributed by atoms with Gasteiger partial charge in [-0.2, -0.15) is 10.2 Å². The highest BCUT2D eigenvalue weighted by molar-refractivity contribution is 7.47. The molecule has 168 valence electrons. The van der Waals surface area contributed by atoms with E-state index in [9.17, 15) is 23.3 Å². The summed E-state index contributed by atoms with van der Waals surface area (Å²) in [7, 11) is -4.97. The van der Waals surface area contributed by atoms with Gasteiger partial charge in [0.1, 0.15) is 48.6 Å². The number of halogens is 2. The standard InChI is InChI=1S/C16H19F2N6O6P/c17-12-1-2-14(15(18)3-12)16(6-23-10-19-8-21-23,7-24-11-20-9-22-24)30-31(27,28)29-5-13(26)4-25/h1-3,8-11,13,25-26H,4-7H2,(H,27,28). The van der Waals surface area contributed by atoms with Gasteiger partial charge >= 0.3 is 7.82 Å². The number of aliphatic hydroxyl groups is 2. The van der Waals surface area contributed by atoms with Crippen LogP contribution in [0, 0.1) is 11.6 Å². The summed E-state index contributed by atoms with van der Waals surface area (Å²) in [6, 6.07) is 2.60. The molecule has 2 unspecified atom stereocenters. The van der Waals surface area contributed by atoms with Gasteiger partial charge in [-0.1, -0.05) is 6.07 Å². The number of benzene rings is 1. The Morgan fingerprint density at radius 1 is 1.13 bits per heavy atom. The SMILES string of the molecule is O=P(O)(OCC(O)CO)OC(Cn1cncn1)(Cn1cncn1)c1ccc(F)cc1F. The maximum Gasteiger partial charge on any atom is 0.473 e. The second-order valence-corrected chi connectivity index (χ2v) is 7.87. The third-order valence-corrected chi connectivity index (χ3v) is 5.18. The summed E-state index contributed by atoms with van der Waals surface area (Å²) in [4.78, 5) is 17.9. The van der Waals surface area contributed by atoms with Crippen molar-refractivity contribution in [2.75, 3.05) is 13.2 Å². The van der Waals surface area contributed by atoms with Crippen LogP contribution in [-0.2, 0) is 32.3 Å². The molecule has 1 aromatic carbocycles. The fourth-order valence-corrected chi connectivity index (χ4v) is 3.89. The van der Waals surface area contributed by atoms with Crippen LogP contribution in [0.2, 0.25) is 0 Å². The van der Waals surface area contributed by atoms with E-state index in [-0.39, 0.29) is 18.7 Å². The molecular formula is C16H19F2N6O6P. The predicted octanol–water partition coefficient (Wildman–Crippen LogP) is 0.230. The van der Waals surface area contributed by atoms with Gasteiger partial charge in [0.25, 0.3) is 0 Å². The Kier molecular flexibility index (Phi) is 7.20. The van der Waals surface area contributed by atoms with Crippen molar-refractivity contribution in [3.05, 3.63) is 60.7 Å². The molecular weight excluding hydrogens is 441 g/mol. The zero-order valence-corrected chi connectivity index (χ0v) is 16.8. The average molecular weight is 460 g/mol. The molecule has 3 aromatic rings. The van der Waals surface area contributed by atoms with E-state index in [0.29, 0.717) is 6.07 Å². The van der Waals surface area contributed by atoms with Crippen molar-refractivity contribution in [2.45, 2.75) is 24.8 Å². The van der Waals surface area contributed by atoms with Gasteiger partial charge in [0.05, 0.1) is 26.3 Å². The molecule has 0 saturated carbocycles. The lowest BCUT2D eigenvalue weighted by Crippen LogP contribution is -2.40. The first-order valence-electron chi connectivity index (χ1n) is 8.80. The van der Waals surface area contributed by atoms with E-state index >= 15 is 0 Å². The van der Waals surface area contributed by atoms with Crippen LogP contribution in [0.5, 0.6) is 0 Å². The minimum absolute atomic E-state index is 0.291. The van der Waals surface area contributed by atoms with E-state index < -0.39 is 44.4 Å². The zero-order chi connectivity index (χ0) is 22.5. The second kappa shape index (κ2) is 9.68. The van der Waals surface area contributed by atoms with E-state index in [1.54, 1.807) is 0 Å². The third kappa shape index (κ3) is 5.97. The highest BCUT2D eigenvalue weighted by atomic mass is 31.2. The topological polar surface area (TPSA) is 158 Å². The predicted molar refractivity (Wildman–Crippen MR) is 98.0 cm³/mol. The molecule has 0 spiro atoms. The largest absolute Gasteiger partial charge is 0.473 e. The van der Waals surface area contributed by atoms with Crippen molar-refractivity contribution in [1.29, 1.82) is 0 Å². The van der Waals surface area contributed by atoms with E-state index in [4.69, 9.17) is 14.2 Å². The first-order chi connectivity index (χ1) is 14.7. The molecule has 15 heteroatoms. The minimum Gasteiger partial charge on any atom is -0.394 e. The Labute approximate surface area is 174 Å². The van der Waals surface area contributed by atoms with Crippen LogP contribution in [0.3, 0.4) is 0 Å². The summed E-state index contributed by atoms with van der Waals surface area (Å²) in [6.07, 6.45) is 3.45. The number of phosphoric ester groups is 1. The quantitative estimate of drug-likeness (QED) is 0.338. The lowest BCUT2D eigenvalue weighted by Gasteiger charge is -2.35. The summed E-state index contributed by atoms with van der Waals surface area (Å²) in [5.74, 6) is -1.93. The van der Waals surface area contributed by atoms with Gasteiger partial charge in [-0.3, -0.25) is 9.05 Å². The molecule has 0 amide bonds. The first kappa shape index (κ1) is 23.1. The van der Waals surface area contributed by atoms with E-state index in [1.165, 1.54) is 34.7 Å². The monoisotopic (exact) mass is 460 g/mol. The van der Waals surface area contributed by atoms with Crippen molar-refractivity contribution in [3.63, 3.8) is 0 Å². The molecule has 0 radical (unpaired) electrons. The molecule has 3 N–H and O–H groups in total. The number of hydrogen-bond donors (Lipinski definition) is 3. The maximum absolute atomic E-state index is 14.9. The summed E-state index contributed by atoms with van der Waals surface area (Å²) in [5, 5.41) is 26.1. The third-order valence-electron chi connectivity index (χ3n) is 4.12. The van der Waals surface area contributed by atoms with Crippen molar-refractivity contribution in [2.24, 2.45) is 0 Å². The number of nitrogens with zero attached hydrogens (tertiary/aromatic N) is 6. The fourth-order valence-electron chi connectivity index (χ4n) is 2.82. The van der Waals surface area contributed by atoms with E-state index in [1.807, 2.05) is 0 Å². The van der Waals surface area contributed by atoms with Crippen LogP contribution in [0.1, 0.15) is 5.56 Å². The van der Waals surface area contributed by atoms with Crippen molar-refractivity contribution in [1.82, 2.24) is 29.5 Å². The molecule has 3 rings (SSSR count). The fraction of sp³-hybridized carbons (Fsp3) is 0.375. The van der Waals surface area contributed by atoms with Gasteiger partial charge in [-0.05, 0) is 6.07 Å². The van der Waals surface area contributed by atoms with Gasteiger partial charge in [0.2, 0.25) is 0 Å². The number of phosphoric acid groups is 1. The lowest BCUT2D eigenvalue weighted by atomic mass is 9.93. The second-order valence-electron chi connectivity index (χ2n) is 6.50. The Morgan fingerprint density at radius 2 is 1.74 bits per heavy atom. The lowest BCUT2D eigenvalue weighted by molar-refractivity contribution is -0.0286. The smallest absolute Gasteiger partial charge is 0.394 e. The zero-order valence-electron chi connectivity index (χ0n) is 15.9. The normalized spacial score (nSPS) is 15.0. The van der Waals surface area contributed by atoms with E-state index in [2.05, 4.69) is 20.2 Å². The molecule has 0 saturated heterocycles. The summed E-state index contributed by atoms with van der Waals surface area (Å²) in [5.41, 5.74) is -2.30. The Morgan fingerprint density at radius 3 is 2.23 bits per heavy atom. The van der Waals surface area contributed by atoms with Gasteiger partial charge in [0, 0.05) is 11.6 Å². The van der Waals surface area contributed by atoms with Crippen LogP contribution < -0.4 is 0 Å². The van der Waals surface area contributed by atoms with Gasteiger partial charge < -0.3 is 15.1 Å². The highest BCUT2D eigenvalue weighted by Crippen LogP contribution is 2.51. The molecule has 31 heavy (non-hydrogen) atoms. The Bertz CT molecular complexity index is 986. The highest BCUT2D eigenvalue weighted by Gasteiger charge is 2.45. The summed E-state index contributed by atoms with van der Waals surface area (Å²) in [6.45, 7) is -2.17. The Balaban J connectivity index is 2.07. The number of rotatable bonds is 11. The molecule has 2 heterocycles. The Hall–Kier alpha value is -2.61. The van der Waals surface area contributed by atoms with Crippen molar-refractivity contribution in [3.8, 4) is 0 Å². The van der Waals surface area contributed by atoms with Crippen LogP contribution in [-0.4, -0.2) is 64.0 Å². The summed E-state index contributed by atoms with van der Waals surface area (Å²) < 4.78 is 53.7. The van der Waals surface area contributed by atoms with Crippen LogP contribution >= 0.6 is 7.82 Å². The molecule has 2 aromatic heterocycles. The molecule has 0 aliphatic heterocycles. The molecule has 0 fully saturated rings. The first-order valence-corrected chi connectivity index (χ1v) is 10.3. The number of hydrogen-bond acceptors (Lipinski definition) is 9. The van der Waals surface area contributed by atoms with Crippen LogP contribution in [0.25, 0.3) is 0 Å².